The van der Waals surface area contributed by atoms with Crippen molar-refractivity contribution in [2.45, 2.75) is 38.6 Å². The Morgan fingerprint density at radius 3 is 2.68 bits per heavy atom. The van der Waals surface area contributed by atoms with Gasteiger partial charge in [-0.05, 0) is 56.5 Å². The monoisotopic (exact) mass is 281 g/mol. The minimum absolute atomic E-state index is 0.433. The molecule has 1 fully saturated rings. The first-order valence-electron chi connectivity index (χ1n) is 6.80. The van der Waals surface area contributed by atoms with Crippen molar-refractivity contribution in [2.24, 2.45) is 0 Å². The standard InChI is InChI=1S/C15H20ClNO2/c1-11-12(6-5-7-13(11)16)10-14(15(18)19)17-8-3-2-4-9-17/h5-7,14H,2-4,8-10H2,1H3,(H,18,19)/t14-/m1/s1. The average molecular weight is 282 g/mol. The molecule has 0 bridgehead atoms. The lowest BCUT2D eigenvalue weighted by Gasteiger charge is -2.32. The van der Waals surface area contributed by atoms with Crippen molar-refractivity contribution < 1.29 is 9.90 Å². The van der Waals surface area contributed by atoms with E-state index in [-0.39, 0.29) is 0 Å². The van der Waals surface area contributed by atoms with E-state index in [1.165, 1.54) is 6.42 Å². The van der Waals surface area contributed by atoms with Gasteiger partial charge >= 0.3 is 5.97 Å². The van der Waals surface area contributed by atoms with E-state index >= 15 is 0 Å². The highest BCUT2D eigenvalue weighted by Gasteiger charge is 2.27. The first-order chi connectivity index (χ1) is 9.09. The molecule has 1 aromatic carbocycles. The largest absolute Gasteiger partial charge is 0.480 e. The lowest BCUT2D eigenvalue weighted by Crippen LogP contribution is -2.45. The molecular weight excluding hydrogens is 262 g/mol. The number of benzene rings is 1. The molecule has 19 heavy (non-hydrogen) atoms. The third-order valence-electron chi connectivity index (χ3n) is 3.91. The van der Waals surface area contributed by atoms with Crippen LogP contribution in [-0.4, -0.2) is 35.1 Å². The molecule has 1 aromatic rings. The van der Waals surface area contributed by atoms with Crippen LogP contribution in [-0.2, 0) is 11.2 Å². The summed E-state index contributed by atoms with van der Waals surface area (Å²) in [6.45, 7) is 3.72. The summed E-state index contributed by atoms with van der Waals surface area (Å²) in [4.78, 5) is 13.6. The van der Waals surface area contributed by atoms with Crippen LogP contribution in [0.25, 0.3) is 0 Å². The Kier molecular flexibility index (Phi) is 4.83. The molecule has 1 aliphatic heterocycles. The quantitative estimate of drug-likeness (QED) is 0.922. The smallest absolute Gasteiger partial charge is 0.321 e. The number of nitrogens with zero attached hydrogens (tertiary/aromatic N) is 1. The number of hydrogen-bond donors (Lipinski definition) is 1. The molecule has 104 valence electrons. The number of halogens is 1. The maximum Gasteiger partial charge on any atom is 0.321 e. The van der Waals surface area contributed by atoms with Crippen LogP contribution < -0.4 is 0 Å². The fourth-order valence-corrected chi connectivity index (χ4v) is 2.88. The second-order valence-electron chi connectivity index (χ2n) is 5.18. The highest BCUT2D eigenvalue weighted by Crippen LogP contribution is 2.22. The normalized spacial score (nSPS) is 18.2. The lowest BCUT2D eigenvalue weighted by atomic mass is 9.98. The van der Waals surface area contributed by atoms with Crippen LogP contribution in [0.4, 0.5) is 0 Å². The van der Waals surface area contributed by atoms with Crippen molar-refractivity contribution in [1.29, 1.82) is 0 Å². The highest BCUT2D eigenvalue weighted by molar-refractivity contribution is 6.31. The lowest BCUT2D eigenvalue weighted by molar-refractivity contribution is -0.143. The van der Waals surface area contributed by atoms with Crippen LogP contribution in [0, 0.1) is 6.92 Å². The van der Waals surface area contributed by atoms with Gasteiger partial charge in [-0.1, -0.05) is 30.2 Å². The summed E-state index contributed by atoms with van der Waals surface area (Å²) in [5, 5.41) is 10.2. The Hall–Kier alpha value is -1.06. The van der Waals surface area contributed by atoms with Crippen molar-refractivity contribution in [3.8, 4) is 0 Å². The second-order valence-corrected chi connectivity index (χ2v) is 5.59. The molecule has 0 spiro atoms. The zero-order valence-electron chi connectivity index (χ0n) is 11.2. The Balaban J connectivity index is 2.16. The van der Waals surface area contributed by atoms with Crippen molar-refractivity contribution in [3.05, 3.63) is 34.3 Å². The molecule has 4 heteroatoms. The van der Waals surface area contributed by atoms with Gasteiger partial charge in [0.1, 0.15) is 6.04 Å². The van der Waals surface area contributed by atoms with E-state index < -0.39 is 12.0 Å². The molecule has 3 nitrogen and oxygen atoms in total. The van der Waals surface area contributed by atoms with Gasteiger partial charge in [0, 0.05) is 5.02 Å². The number of rotatable bonds is 4. The van der Waals surface area contributed by atoms with Gasteiger partial charge in [0.05, 0.1) is 0 Å². The van der Waals surface area contributed by atoms with Gasteiger partial charge in [0.15, 0.2) is 0 Å². The van der Waals surface area contributed by atoms with E-state index in [1.807, 2.05) is 25.1 Å². The van der Waals surface area contributed by atoms with Gasteiger partial charge in [-0.25, -0.2) is 0 Å². The first kappa shape index (κ1) is 14.4. The Morgan fingerprint density at radius 2 is 2.05 bits per heavy atom. The van der Waals surface area contributed by atoms with Crippen molar-refractivity contribution >= 4 is 17.6 Å². The van der Waals surface area contributed by atoms with E-state index in [2.05, 4.69) is 4.90 Å². The third-order valence-corrected chi connectivity index (χ3v) is 4.32. The zero-order chi connectivity index (χ0) is 13.8. The number of carboxylic acid groups (broad SMARTS) is 1. The van der Waals surface area contributed by atoms with Crippen LogP contribution in [0.15, 0.2) is 18.2 Å². The van der Waals surface area contributed by atoms with Gasteiger partial charge in [0.2, 0.25) is 0 Å². The number of aliphatic carboxylic acids is 1. The second kappa shape index (κ2) is 6.40. The summed E-state index contributed by atoms with van der Waals surface area (Å²) < 4.78 is 0. The minimum atomic E-state index is -0.735. The molecule has 1 N–H and O–H groups in total. The molecule has 0 unspecified atom stereocenters. The number of likely N-dealkylation sites (tertiary alicyclic amines) is 1. The van der Waals surface area contributed by atoms with Gasteiger partial charge in [-0.2, -0.15) is 0 Å². The van der Waals surface area contributed by atoms with Crippen molar-refractivity contribution in [3.63, 3.8) is 0 Å². The maximum atomic E-state index is 11.5. The summed E-state index contributed by atoms with van der Waals surface area (Å²) >= 11 is 6.10. The summed E-state index contributed by atoms with van der Waals surface area (Å²) in [5.74, 6) is -0.735. The molecule has 1 heterocycles. The van der Waals surface area contributed by atoms with Gasteiger partial charge < -0.3 is 5.11 Å². The highest BCUT2D eigenvalue weighted by atomic mass is 35.5. The predicted molar refractivity (Wildman–Crippen MR) is 76.7 cm³/mol. The molecular formula is C15H20ClNO2. The minimum Gasteiger partial charge on any atom is -0.480 e. The Morgan fingerprint density at radius 1 is 1.37 bits per heavy atom. The molecule has 0 saturated carbocycles. The number of carbonyl (C=O) groups is 1. The van der Waals surface area contributed by atoms with E-state index in [4.69, 9.17) is 11.6 Å². The van der Waals surface area contributed by atoms with Crippen molar-refractivity contribution in [1.82, 2.24) is 4.90 Å². The Labute approximate surface area is 119 Å². The maximum absolute atomic E-state index is 11.5. The van der Waals surface area contributed by atoms with Crippen molar-refractivity contribution in [2.75, 3.05) is 13.1 Å². The van der Waals surface area contributed by atoms with Crippen LogP contribution in [0.1, 0.15) is 30.4 Å². The Bertz CT molecular complexity index is 455. The fraction of sp³-hybridized carbons (Fsp3) is 0.533. The molecule has 0 radical (unpaired) electrons. The van der Waals surface area contributed by atoms with Crippen LogP contribution >= 0.6 is 11.6 Å². The van der Waals surface area contributed by atoms with E-state index in [0.717, 1.165) is 37.1 Å². The van der Waals surface area contributed by atoms with Crippen LogP contribution in [0.5, 0.6) is 0 Å². The fourth-order valence-electron chi connectivity index (χ4n) is 2.68. The summed E-state index contributed by atoms with van der Waals surface area (Å²) in [5.41, 5.74) is 2.03. The molecule has 1 aliphatic rings. The summed E-state index contributed by atoms with van der Waals surface area (Å²) in [6, 6.07) is 5.27. The van der Waals surface area contributed by atoms with Gasteiger partial charge in [0.25, 0.3) is 0 Å². The third kappa shape index (κ3) is 3.48. The average Bonchev–Trinajstić information content (AvgIpc) is 2.41. The number of hydrogen-bond acceptors (Lipinski definition) is 2. The topological polar surface area (TPSA) is 40.5 Å². The summed E-state index contributed by atoms with van der Waals surface area (Å²) in [7, 11) is 0. The van der Waals surface area contributed by atoms with Gasteiger partial charge in [-0.3, -0.25) is 9.69 Å². The number of piperidine rings is 1. The molecule has 0 aromatic heterocycles. The SMILES string of the molecule is Cc1c(Cl)cccc1C[C@H](C(=O)O)N1CCCCC1. The zero-order valence-corrected chi connectivity index (χ0v) is 12.0. The van der Waals surface area contributed by atoms with E-state index in [0.29, 0.717) is 11.4 Å². The van der Waals surface area contributed by atoms with Crippen LogP contribution in [0.2, 0.25) is 5.02 Å². The molecule has 1 saturated heterocycles. The first-order valence-corrected chi connectivity index (χ1v) is 7.18. The van der Waals surface area contributed by atoms with Gasteiger partial charge in [-0.15, -0.1) is 0 Å². The van der Waals surface area contributed by atoms with E-state index in [9.17, 15) is 9.90 Å². The molecule has 2 rings (SSSR count). The summed E-state index contributed by atoms with van der Waals surface area (Å²) in [6.07, 6.45) is 3.93. The predicted octanol–water partition coefficient (Wildman–Crippen LogP) is 3.13. The molecule has 1 atom stereocenters. The number of carboxylic acids is 1. The molecule has 0 amide bonds. The van der Waals surface area contributed by atoms with E-state index in [1.54, 1.807) is 0 Å². The van der Waals surface area contributed by atoms with Crippen LogP contribution in [0.3, 0.4) is 0 Å². The molecule has 0 aliphatic carbocycles.